The summed E-state index contributed by atoms with van der Waals surface area (Å²) in [5.74, 6) is -4.51. The maximum atomic E-state index is 13.7. The number of nitrogens with one attached hydrogen (secondary N) is 1. The number of benzene rings is 2. The SMILES string of the molecule is O=S(=O)(Nc1ccc(F)c(I)c1F)c1ccc(F)c(F)c1. The predicted molar refractivity (Wildman–Crippen MR) is 76.2 cm³/mol. The van der Waals surface area contributed by atoms with Gasteiger partial charge in [0.05, 0.1) is 14.2 Å². The fraction of sp³-hybridized carbons (Fsp3) is 0. The smallest absolute Gasteiger partial charge is 0.262 e. The molecule has 0 bridgehead atoms. The van der Waals surface area contributed by atoms with Gasteiger partial charge in [0.1, 0.15) is 5.82 Å². The topological polar surface area (TPSA) is 46.2 Å². The van der Waals surface area contributed by atoms with E-state index in [0.717, 1.165) is 18.2 Å². The number of hydrogen-bond acceptors (Lipinski definition) is 2. The van der Waals surface area contributed by atoms with Crippen LogP contribution in [0.3, 0.4) is 0 Å². The number of sulfonamides is 1. The molecule has 0 radical (unpaired) electrons. The van der Waals surface area contributed by atoms with Crippen LogP contribution >= 0.6 is 22.6 Å². The molecule has 2 aromatic rings. The summed E-state index contributed by atoms with van der Waals surface area (Å²) >= 11 is 1.38. The van der Waals surface area contributed by atoms with Crippen molar-refractivity contribution < 1.29 is 26.0 Å². The molecule has 0 saturated carbocycles. The Morgan fingerprint density at radius 2 is 1.52 bits per heavy atom. The average Bonchev–Trinajstić information content (AvgIpc) is 2.42. The van der Waals surface area contributed by atoms with Crippen LogP contribution < -0.4 is 4.72 Å². The summed E-state index contributed by atoms with van der Waals surface area (Å²) in [5.41, 5.74) is -0.495. The van der Waals surface area contributed by atoms with Gasteiger partial charge in [-0.3, -0.25) is 4.72 Å². The molecule has 2 aromatic carbocycles. The molecular weight excluding hydrogens is 425 g/mol. The lowest BCUT2D eigenvalue weighted by Gasteiger charge is -2.10. The van der Waals surface area contributed by atoms with Gasteiger partial charge < -0.3 is 0 Å². The van der Waals surface area contributed by atoms with E-state index in [4.69, 9.17) is 0 Å². The minimum Gasteiger partial charge on any atom is -0.277 e. The predicted octanol–water partition coefficient (Wildman–Crippen LogP) is 3.65. The largest absolute Gasteiger partial charge is 0.277 e. The first-order chi connectivity index (χ1) is 9.72. The van der Waals surface area contributed by atoms with E-state index in [1.165, 1.54) is 22.6 Å². The molecule has 0 heterocycles. The molecule has 1 N–H and O–H groups in total. The average molecular weight is 431 g/mol. The van der Waals surface area contributed by atoms with Crippen molar-refractivity contribution in [3.8, 4) is 0 Å². The molecule has 21 heavy (non-hydrogen) atoms. The van der Waals surface area contributed by atoms with Crippen LogP contribution in [0.15, 0.2) is 35.2 Å². The van der Waals surface area contributed by atoms with Gasteiger partial charge in [-0.15, -0.1) is 0 Å². The summed E-state index contributed by atoms with van der Waals surface area (Å²) in [4.78, 5) is -0.583. The lowest BCUT2D eigenvalue weighted by Crippen LogP contribution is -2.15. The molecule has 112 valence electrons. The minimum absolute atomic E-state index is 0.391. The second kappa shape index (κ2) is 5.79. The lowest BCUT2D eigenvalue weighted by molar-refractivity contribution is 0.504. The summed E-state index contributed by atoms with van der Waals surface area (Å²) in [6, 6.07) is 3.70. The van der Waals surface area contributed by atoms with Gasteiger partial charge in [0.2, 0.25) is 0 Å². The summed E-state index contributed by atoms with van der Waals surface area (Å²) in [5, 5.41) is 0. The summed E-state index contributed by atoms with van der Waals surface area (Å²) in [6.07, 6.45) is 0. The van der Waals surface area contributed by atoms with Crippen molar-refractivity contribution in [3.63, 3.8) is 0 Å². The summed E-state index contributed by atoms with van der Waals surface area (Å²) < 4.78 is 78.0. The monoisotopic (exact) mass is 431 g/mol. The quantitative estimate of drug-likeness (QED) is 0.459. The Morgan fingerprint density at radius 3 is 2.14 bits per heavy atom. The van der Waals surface area contributed by atoms with Crippen molar-refractivity contribution in [1.82, 2.24) is 0 Å². The van der Waals surface area contributed by atoms with E-state index >= 15 is 0 Å². The maximum absolute atomic E-state index is 13.7. The second-order valence-corrected chi connectivity index (χ2v) is 6.67. The normalized spacial score (nSPS) is 11.5. The molecule has 0 amide bonds. The molecule has 2 rings (SSSR count). The van der Waals surface area contributed by atoms with Crippen molar-refractivity contribution in [2.75, 3.05) is 4.72 Å². The molecule has 0 atom stereocenters. The molecule has 0 fully saturated rings. The Balaban J connectivity index is 2.42. The molecule has 0 unspecified atom stereocenters. The van der Waals surface area contributed by atoms with Gasteiger partial charge in [-0.2, -0.15) is 0 Å². The number of anilines is 1. The Labute approximate surface area is 131 Å². The Kier molecular flexibility index (Phi) is 4.42. The first-order valence-corrected chi connectivity index (χ1v) is 7.90. The fourth-order valence-corrected chi connectivity index (χ4v) is 2.99. The maximum Gasteiger partial charge on any atom is 0.262 e. The van der Waals surface area contributed by atoms with Gasteiger partial charge in [-0.05, 0) is 52.9 Å². The van der Waals surface area contributed by atoms with E-state index in [-0.39, 0.29) is 0 Å². The molecule has 0 aliphatic carbocycles. The second-order valence-electron chi connectivity index (χ2n) is 3.90. The lowest BCUT2D eigenvalue weighted by atomic mass is 10.3. The highest BCUT2D eigenvalue weighted by Gasteiger charge is 2.20. The molecule has 0 aliphatic heterocycles. The third-order valence-corrected chi connectivity index (χ3v) is 4.83. The van der Waals surface area contributed by atoms with E-state index in [0.29, 0.717) is 12.1 Å². The Morgan fingerprint density at radius 1 is 0.905 bits per heavy atom. The van der Waals surface area contributed by atoms with Crippen LogP contribution in [0.1, 0.15) is 0 Å². The van der Waals surface area contributed by atoms with Gasteiger partial charge in [0, 0.05) is 0 Å². The highest BCUT2D eigenvalue weighted by atomic mass is 127. The van der Waals surface area contributed by atoms with Crippen LogP contribution in [0, 0.1) is 26.8 Å². The molecule has 3 nitrogen and oxygen atoms in total. The van der Waals surface area contributed by atoms with Crippen LogP contribution in [0.2, 0.25) is 0 Å². The zero-order chi connectivity index (χ0) is 15.8. The van der Waals surface area contributed by atoms with E-state index < -0.39 is 47.4 Å². The summed E-state index contributed by atoms with van der Waals surface area (Å²) in [6.45, 7) is 0. The van der Waals surface area contributed by atoms with E-state index in [2.05, 4.69) is 0 Å². The van der Waals surface area contributed by atoms with Crippen LogP contribution in [0.25, 0.3) is 0 Å². The molecular formula is C12H6F4INO2S. The zero-order valence-electron chi connectivity index (χ0n) is 10.0. The first kappa shape index (κ1) is 16.0. The molecule has 0 aromatic heterocycles. The fourth-order valence-electron chi connectivity index (χ4n) is 1.45. The van der Waals surface area contributed by atoms with Gasteiger partial charge in [-0.25, -0.2) is 26.0 Å². The van der Waals surface area contributed by atoms with Crippen LogP contribution in [0.4, 0.5) is 23.2 Å². The molecule has 0 aliphatic rings. The van der Waals surface area contributed by atoms with Crippen molar-refractivity contribution in [2.45, 2.75) is 4.90 Å². The third-order valence-electron chi connectivity index (χ3n) is 2.48. The van der Waals surface area contributed by atoms with Crippen LogP contribution in [0.5, 0.6) is 0 Å². The van der Waals surface area contributed by atoms with Crippen molar-refractivity contribution >= 4 is 38.3 Å². The zero-order valence-corrected chi connectivity index (χ0v) is 13.0. The van der Waals surface area contributed by atoms with E-state index in [1.807, 2.05) is 4.72 Å². The number of hydrogen-bond donors (Lipinski definition) is 1. The van der Waals surface area contributed by atoms with Crippen LogP contribution in [-0.2, 0) is 10.0 Å². The Hall–Kier alpha value is -1.36. The third kappa shape index (κ3) is 3.28. The van der Waals surface area contributed by atoms with Crippen molar-refractivity contribution in [3.05, 3.63) is 57.2 Å². The minimum atomic E-state index is -4.33. The van der Waals surface area contributed by atoms with Crippen molar-refractivity contribution in [1.29, 1.82) is 0 Å². The van der Waals surface area contributed by atoms with Gasteiger partial charge in [0.15, 0.2) is 17.5 Å². The number of rotatable bonds is 3. The Bertz CT molecular complexity index is 811. The summed E-state index contributed by atoms with van der Waals surface area (Å²) in [7, 11) is -4.33. The van der Waals surface area contributed by atoms with E-state index in [1.54, 1.807) is 0 Å². The standard InChI is InChI=1S/C12H6F4INO2S/c13-7-2-1-6(5-9(7)15)21(19,20)18-10-4-3-8(14)12(17)11(10)16/h1-5,18H. The van der Waals surface area contributed by atoms with Gasteiger partial charge >= 0.3 is 0 Å². The van der Waals surface area contributed by atoms with Gasteiger partial charge in [-0.1, -0.05) is 0 Å². The van der Waals surface area contributed by atoms with E-state index in [9.17, 15) is 26.0 Å². The highest BCUT2D eigenvalue weighted by molar-refractivity contribution is 14.1. The molecule has 0 saturated heterocycles. The van der Waals surface area contributed by atoms with Crippen molar-refractivity contribution in [2.24, 2.45) is 0 Å². The molecule has 0 spiro atoms. The van der Waals surface area contributed by atoms with Crippen LogP contribution in [-0.4, -0.2) is 8.42 Å². The molecule has 9 heteroatoms. The number of halogens is 5. The highest BCUT2D eigenvalue weighted by Crippen LogP contribution is 2.25. The first-order valence-electron chi connectivity index (χ1n) is 5.34. The van der Waals surface area contributed by atoms with Gasteiger partial charge in [0.25, 0.3) is 10.0 Å².